The molecule has 2 rings (SSSR count). The molecular weight excluding hydrogens is 365 g/mol. The summed E-state index contributed by atoms with van der Waals surface area (Å²) in [7, 11) is 2.76. The maximum absolute atomic E-state index is 12.5. The average Bonchev–Trinajstić information content (AvgIpc) is 2.59. The Kier molecular flexibility index (Phi) is 5.92. The van der Waals surface area contributed by atoms with Crippen molar-refractivity contribution < 1.29 is 19.4 Å². The van der Waals surface area contributed by atoms with Crippen LogP contribution in [0.2, 0.25) is 10.0 Å². The number of ether oxygens (including phenoxy) is 2. The quantitative estimate of drug-likeness (QED) is 0.471. The van der Waals surface area contributed by atoms with Gasteiger partial charge in [-0.1, -0.05) is 23.2 Å². The van der Waals surface area contributed by atoms with Crippen molar-refractivity contribution in [3.05, 3.63) is 57.1 Å². The minimum absolute atomic E-state index is 0.131. The highest BCUT2D eigenvalue weighted by Gasteiger charge is 2.16. The van der Waals surface area contributed by atoms with Gasteiger partial charge in [-0.05, 0) is 42.0 Å². The third-order valence-electron chi connectivity index (χ3n) is 3.30. The smallest absolute Gasteiger partial charge is 0.203 e. The Bertz CT molecular complexity index is 855. The zero-order valence-corrected chi connectivity index (χ0v) is 14.9. The predicted molar refractivity (Wildman–Crippen MR) is 95.6 cm³/mol. The molecule has 0 aliphatic carbocycles. The number of ketones is 1. The number of nitrogens with zero attached hydrogens (tertiary/aromatic N) is 1. The highest BCUT2D eigenvalue weighted by Crippen LogP contribution is 2.37. The van der Waals surface area contributed by atoms with Gasteiger partial charge < -0.3 is 14.6 Å². The van der Waals surface area contributed by atoms with E-state index in [0.29, 0.717) is 15.6 Å². The van der Waals surface area contributed by atoms with Gasteiger partial charge in [0.25, 0.3) is 0 Å². The average molecular weight is 378 g/mol. The van der Waals surface area contributed by atoms with Crippen molar-refractivity contribution in [3.8, 4) is 23.3 Å². The molecule has 7 heteroatoms. The molecule has 0 bridgehead atoms. The summed E-state index contributed by atoms with van der Waals surface area (Å²) in [6.07, 6.45) is 1.36. The third-order valence-corrected chi connectivity index (χ3v) is 3.74. The number of benzene rings is 2. The van der Waals surface area contributed by atoms with Crippen molar-refractivity contribution in [3.63, 3.8) is 0 Å². The lowest BCUT2D eigenvalue weighted by atomic mass is 10.0. The summed E-state index contributed by atoms with van der Waals surface area (Å²) in [5, 5.41) is 19.9. The molecule has 0 aromatic heterocycles. The van der Waals surface area contributed by atoms with Crippen molar-refractivity contribution in [1.29, 1.82) is 5.26 Å². The molecule has 1 N–H and O–H groups in total. The summed E-state index contributed by atoms with van der Waals surface area (Å²) < 4.78 is 10.1. The summed E-state index contributed by atoms with van der Waals surface area (Å²) in [6.45, 7) is 0. The molecule has 0 unspecified atom stereocenters. The van der Waals surface area contributed by atoms with E-state index in [1.807, 2.05) is 6.07 Å². The number of aromatic hydroxyl groups is 1. The van der Waals surface area contributed by atoms with Crippen LogP contribution < -0.4 is 9.47 Å². The Labute approximate surface area is 154 Å². The topological polar surface area (TPSA) is 79.5 Å². The van der Waals surface area contributed by atoms with Crippen LogP contribution in [0.1, 0.15) is 15.9 Å². The van der Waals surface area contributed by atoms with Crippen molar-refractivity contribution >= 4 is 35.1 Å². The highest BCUT2D eigenvalue weighted by atomic mass is 35.5. The lowest BCUT2D eigenvalue weighted by Gasteiger charge is -2.09. The first-order valence-electron chi connectivity index (χ1n) is 6.97. The van der Waals surface area contributed by atoms with Gasteiger partial charge in [-0.25, -0.2) is 0 Å². The molecule has 0 amide bonds. The molecule has 0 fully saturated rings. The van der Waals surface area contributed by atoms with Crippen LogP contribution in [-0.4, -0.2) is 25.1 Å². The summed E-state index contributed by atoms with van der Waals surface area (Å²) in [5.41, 5.74) is 0.515. The Morgan fingerprint density at radius 2 is 1.60 bits per heavy atom. The molecule has 2 aromatic carbocycles. The summed E-state index contributed by atoms with van der Waals surface area (Å²) >= 11 is 11.8. The standard InChI is InChI=1S/C18H13Cl2NO4/c1-24-15-4-10(5-16(25-2)18(15)23)3-12(9-21)17(22)11-6-13(19)8-14(20)7-11/h3-8,23H,1-2H3/b12-3+. The number of hydrogen-bond donors (Lipinski definition) is 1. The molecule has 0 saturated heterocycles. The molecule has 25 heavy (non-hydrogen) atoms. The first-order chi connectivity index (χ1) is 11.9. The molecule has 0 heterocycles. The number of hydrogen-bond acceptors (Lipinski definition) is 5. The number of carbonyl (C=O) groups is 1. The Morgan fingerprint density at radius 1 is 1.08 bits per heavy atom. The molecular formula is C18H13Cl2NO4. The van der Waals surface area contributed by atoms with Gasteiger partial charge in [0.15, 0.2) is 11.5 Å². The Balaban J connectivity index is 2.50. The van der Waals surface area contributed by atoms with Crippen LogP contribution in [0, 0.1) is 11.3 Å². The molecule has 0 aliphatic rings. The second kappa shape index (κ2) is 7.93. The fourth-order valence-electron chi connectivity index (χ4n) is 2.15. The van der Waals surface area contributed by atoms with E-state index in [1.165, 1.54) is 50.6 Å². The van der Waals surface area contributed by atoms with E-state index >= 15 is 0 Å². The van der Waals surface area contributed by atoms with Gasteiger partial charge in [-0.3, -0.25) is 4.79 Å². The summed E-state index contributed by atoms with van der Waals surface area (Å²) in [4.78, 5) is 12.5. The second-order valence-corrected chi connectivity index (χ2v) is 5.80. The predicted octanol–water partition coefficient (Wildman–Crippen LogP) is 4.51. The van der Waals surface area contributed by atoms with Gasteiger partial charge in [0.2, 0.25) is 11.5 Å². The maximum atomic E-state index is 12.5. The minimum Gasteiger partial charge on any atom is -0.502 e. The second-order valence-electron chi connectivity index (χ2n) is 4.93. The van der Waals surface area contributed by atoms with E-state index in [1.54, 1.807) is 0 Å². The van der Waals surface area contributed by atoms with Crippen LogP contribution in [0.15, 0.2) is 35.9 Å². The molecule has 0 saturated carbocycles. The highest BCUT2D eigenvalue weighted by molar-refractivity contribution is 6.35. The van der Waals surface area contributed by atoms with E-state index < -0.39 is 5.78 Å². The maximum Gasteiger partial charge on any atom is 0.203 e. The first kappa shape index (κ1) is 18.7. The lowest BCUT2D eigenvalue weighted by Crippen LogP contribution is -2.02. The van der Waals surface area contributed by atoms with Crippen LogP contribution in [0.5, 0.6) is 17.2 Å². The molecule has 2 aromatic rings. The van der Waals surface area contributed by atoms with E-state index in [2.05, 4.69) is 0 Å². The minimum atomic E-state index is -0.530. The summed E-state index contributed by atoms with van der Waals surface area (Å²) in [5.74, 6) is -0.395. The number of methoxy groups -OCH3 is 2. The number of carbonyl (C=O) groups excluding carboxylic acids is 1. The van der Waals surface area contributed by atoms with Crippen molar-refractivity contribution in [2.75, 3.05) is 14.2 Å². The zero-order chi connectivity index (χ0) is 18.6. The largest absolute Gasteiger partial charge is 0.502 e. The summed E-state index contributed by atoms with van der Waals surface area (Å²) in [6, 6.07) is 9.17. The van der Waals surface area contributed by atoms with Gasteiger partial charge in [0.1, 0.15) is 11.6 Å². The van der Waals surface area contributed by atoms with Crippen LogP contribution in [0.25, 0.3) is 6.08 Å². The van der Waals surface area contributed by atoms with Gasteiger partial charge in [0.05, 0.1) is 14.2 Å². The lowest BCUT2D eigenvalue weighted by molar-refractivity contribution is 0.104. The van der Waals surface area contributed by atoms with Crippen LogP contribution in [-0.2, 0) is 0 Å². The van der Waals surface area contributed by atoms with E-state index in [9.17, 15) is 15.2 Å². The van der Waals surface area contributed by atoms with Gasteiger partial charge in [0, 0.05) is 15.6 Å². The number of phenolic OH excluding ortho intramolecular Hbond substituents is 1. The molecule has 0 radical (unpaired) electrons. The molecule has 5 nitrogen and oxygen atoms in total. The molecule has 0 atom stereocenters. The third kappa shape index (κ3) is 4.24. The van der Waals surface area contributed by atoms with Crippen LogP contribution in [0.3, 0.4) is 0 Å². The fourth-order valence-corrected chi connectivity index (χ4v) is 2.68. The molecule has 128 valence electrons. The van der Waals surface area contributed by atoms with E-state index in [0.717, 1.165) is 0 Å². The number of nitriles is 1. The first-order valence-corrected chi connectivity index (χ1v) is 7.72. The zero-order valence-electron chi connectivity index (χ0n) is 13.3. The number of halogens is 2. The number of Topliss-reactive ketones (excluding diaryl/α,β-unsaturated/α-hetero) is 1. The molecule has 0 spiro atoms. The van der Waals surface area contributed by atoms with Crippen LogP contribution in [0.4, 0.5) is 0 Å². The number of phenols is 1. The van der Waals surface area contributed by atoms with E-state index in [4.69, 9.17) is 32.7 Å². The molecule has 0 aliphatic heterocycles. The van der Waals surface area contributed by atoms with Gasteiger partial charge in [-0.2, -0.15) is 5.26 Å². The Morgan fingerprint density at radius 3 is 2.04 bits per heavy atom. The SMILES string of the molecule is COc1cc(/C=C(\C#N)C(=O)c2cc(Cl)cc(Cl)c2)cc(OC)c1O. The normalized spacial score (nSPS) is 10.9. The van der Waals surface area contributed by atoms with Crippen molar-refractivity contribution in [2.45, 2.75) is 0 Å². The monoisotopic (exact) mass is 377 g/mol. The number of allylic oxidation sites excluding steroid dienone is 1. The Hall–Kier alpha value is -2.68. The van der Waals surface area contributed by atoms with Gasteiger partial charge in [-0.15, -0.1) is 0 Å². The van der Waals surface area contributed by atoms with Gasteiger partial charge >= 0.3 is 0 Å². The fraction of sp³-hybridized carbons (Fsp3) is 0.111. The van der Waals surface area contributed by atoms with E-state index in [-0.39, 0.29) is 28.4 Å². The van der Waals surface area contributed by atoms with Crippen molar-refractivity contribution in [2.24, 2.45) is 0 Å². The van der Waals surface area contributed by atoms with Crippen LogP contribution >= 0.6 is 23.2 Å². The van der Waals surface area contributed by atoms with Crippen molar-refractivity contribution in [1.82, 2.24) is 0 Å². The number of rotatable bonds is 5.